The molecule has 2 aliphatic rings. The maximum atomic E-state index is 13.7. The maximum Gasteiger partial charge on any atom is 0.316 e. The van der Waals surface area contributed by atoms with E-state index in [0.29, 0.717) is 11.3 Å². The Bertz CT molecular complexity index is 1160. The summed E-state index contributed by atoms with van der Waals surface area (Å²) in [5.74, 6) is -3.03. The second-order valence-corrected chi connectivity index (χ2v) is 8.77. The van der Waals surface area contributed by atoms with Crippen molar-refractivity contribution in [2.75, 3.05) is 6.61 Å². The zero-order chi connectivity index (χ0) is 23.2. The Hall–Kier alpha value is -3.43. The van der Waals surface area contributed by atoms with Crippen molar-refractivity contribution in [2.24, 2.45) is 5.92 Å². The summed E-state index contributed by atoms with van der Waals surface area (Å²) in [7, 11) is 0. The molecule has 2 fully saturated rings. The van der Waals surface area contributed by atoms with Crippen molar-refractivity contribution in [3.8, 4) is 11.7 Å². The van der Waals surface area contributed by atoms with Gasteiger partial charge in [-0.25, -0.2) is 4.98 Å². The molecule has 1 aromatic carbocycles. The highest BCUT2D eigenvalue weighted by Crippen LogP contribution is 2.43. The molecule has 2 saturated heterocycles. The monoisotopic (exact) mass is 454 g/mol. The minimum absolute atomic E-state index is 0.0113. The summed E-state index contributed by atoms with van der Waals surface area (Å²) in [5.41, 5.74) is 1.80. The zero-order valence-corrected chi connectivity index (χ0v) is 18.4. The average molecular weight is 454 g/mol. The Morgan fingerprint density at radius 3 is 2.73 bits per heavy atom. The first-order chi connectivity index (χ1) is 15.8. The van der Waals surface area contributed by atoms with Crippen molar-refractivity contribution in [2.45, 2.75) is 51.1 Å². The van der Waals surface area contributed by atoms with E-state index in [1.54, 1.807) is 12.4 Å². The number of amides is 1. The molecule has 2 bridgehead atoms. The van der Waals surface area contributed by atoms with Crippen LogP contribution in [0.15, 0.2) is 42.9 Å². The number of carbonyl (C=O) groups excluding carboxylic acids is 1. The molecule has 3 unspecified atom stereocenters. The number of halogens is 2. The number of hydrogen-bond donors (Lipinski definition) is 0. The van der Waals surface area contributed by atoms with Crippen LogP contribution in [0.4, 0.5) is 8.78 Å². The number of carbonyl (C=O) groups is 1. The average Bonchev–Trinajstić information content (AvgIpc) is 3.53. The molecule has 0 N–H and O–H groups in total. The van der Waals surface area contributed by atoms with Gasteiger partial charge in [0.1, 0.15) is 5.69 Å². The fourth-order valence-electron chi connectivity index (χ4n) is 4.92. The van der Waals surface area contributed by atoms with E-state index in [1.807, 2.05) is 30.0 Å². The number of aryl methyl sites for hydroxylation is 1. The SMILES string of the molecule is Cc1ccc(-n2nccn2)c(C(=O)N2C3CCC2C(COc2nccc(C(C)(F)F)n2)C3)c1. The largest absolute Gasteiger partial charge is 0.463 e. The molecular weight excluding hydrogens is 430 g/mol. The number of benzene rings is 1. The summed E-state index contributed by atoms with van der Waals surface area (Å²) >= 11 is 0. The molecule has 3 aromatic rings. The summed E-state index contributed by atoms with van der Waals surface area (Å²) in [4.78, 5) is 24.9. The quantitative estimate of drug-likeness (QED) is 0.566. The number of nitrogens with zero attached hydrogens (tertiary/aromatic N) is 6. The van der Waals surface area contributed by atoms with Gasteiger partial charge in [-0.3, -0.25) is 4.79 Å². The van der Waals surface area contributed by atoms with Crippen LogP contribution in [0.2, 0.25) is 0 Å². The molecule has 0 spiro atoms. The number of alkyl halides is 2. The fourth-order valence-corrected chi connectivity index (χ4v) is 4.92. The summed E-state index contributed by atoms with van der Waals surface area (Å²) in [6, 6.07) is 6.89. The lowest BCUT2D eigenvalue weighted by atomic mass is 9.90. The lowest BCUT2D eigenvalue weighted by Gasteiger charge is -2.25. The normalized spacial score (nSPS) is 22.1. The van der Waals surface area contributed by atoms with Gasteiger partial charge in [-0.1, -0.05) is 11.6 Å². The molecule has 0 saturated carbocycles. The molecule has 3 atom stereocenters. The fraction of sp³-hybridized carbons (Fsp3) is 0.435. The van der Waals surface area contributed by atoms with Crippen molar-refractivity contribution >= 4 is 5.91 Å². The van der Waals surface area contributed by atoms with E-state index < -0.39 is 5.92 Å². The summed E-state index contributed by atoms with van der Waals surface area (Å²) in [6.45, 7) is 3.00. The maximum absolute atomic E-state index is 13.7. The van der Waals surface area contributed by atoms with E-state index in [4.69, 9.17) is 4.74 Å². The lowest BCUT2D eigenvalue weighted by molar-refractivity contribution is 0.0116. The first-order valence-electron chi connectivity index (χ1n) is 11.0. The van der Waals surface area contributed by atoms with Crippen LogP contribution in [0.25, 0.3) is 5.69 Å². The smallest absolute Gasteiger partial charge is 0.316 e. The van der Waals surface area contributed by atoms with E-state index >= 15 is 0 Å². The molecule has 2 aromatic heterocycles. The number of hydrogen-bond acceptors (Lipinski definition) is 6. The Morgan fingerprint density at radius 2 is 1.97 bits per heavy atom. The van der Waals surface area contributed by atoms with E-state index in [-0.39, 0.29) is 42.2 Å². The van der Waals surface area contributed by atoms with Gasteiger partial charge < -0.3 is 9.64 Å². The third kappa shape index (κ3) is 4.05. The van der Waals surface area contributed by atoms with Crippen LogP contribution in [-0.4, -0.2) is 54.5 Å². The highest BCUT2D eigenvalue weighted by molar-refractivity contribution is 5.98. The second-order valence-electron chi connectivity index (χ2n) is 8.77. The third-order valence-corrected chi connectivity index (χ3v) is 6.43. The minimum Gasteiger partial charge on any atom is -0.463 e. The van der Waals surface area contributed by atoms with Crippen LogP contribution in [-0.2, 0) is 5.92 Å². The van der Waals surface area contributed by atoms with Gasteiger partial charge in [0.2, 0.25) is 0 Å². The van der Waals surface area contributed by atoms with E-state index in [1.165, 1.54) is 17.1 Å². The predicted molar refractivity (Wildman–Crippen MR) is 114 cm³/mol. The number of fused-ring (bicyclic) bond motifs is 2. The number of ether oxygens (including phenoxy) is 1. The zero-order valence-electron chi connectivity index (χ0n) is 18.4. The molecule has 4 heterocycles. The second kappa shape index (κ2) is 8.17. The van der Waals surface area contributed by atoms with Crippen molar-refractivity contribution in [3.63, 3.8) is 0 Å². The predicted octanol–water partition coefficient (Wildman–Crippen LogP) is 3.55. The number of rotatable bonds is 6. The van der Waals surface area contributed by atoms with Crippen LogP contribution < -0.4 is 4.74 Å². The first-order valence-corrected chi connectivity index (χ1v) is 11.0. The summed E-state index contributed by atoms with van der Waals surface area (Å²) in [6.07, 6.45) is 7.02. The highest BCUT2D eigenvalue weighted by Gasteiger charge is 2.49. The van der Waals surface area contributed by atoms with Crippen molar-refractivity contribution in [3.05, 3.63) is 59.7 Å². The molecule has 172 valence electrons. The van der Waals surface area contributed by atoms with Crippen LogP contribution >= 0.6 is 0 Å². The molecule has 0 radical (unpaired) electrons. The molecule has 5 rings (SSSR count). The van der Waals surface area contributed by atoms with E-state index in [2.05, 4.69) is 20.2 Å². The van der Waals surface area contributed by atoms with Gasteiger partial charge in [0.15, 0.2) is 0 Å². The lowest BCUT2D eigenvalue weighted by Crippen LogP contribution is -2.38. The van der Waals surface area contributed by atoms with Crippen LogP contribution in [0.1, 0.15) is 47.8 Å². The van der Waals surface area contributed by atoms with Crippen molar-refractivity contribution in [1.29, 1.82) is 0 Å². The van der Waals surface area contributed by atoms with Crippen LogP contribution in [0, 0.1) is 12.8 Å². The first kappa shape index (κ1) is 21.4. The molecular formula is C23H24F2N6O2. The highest BCUT2D eigenvalue weighted by atomic mass is 19.3. The summed E-state index contributed by atoms with van der Waals surface area (Å²) < 4.78 is 32.8. The van der Waals surface area contributed by atoms with Gasteiger partial charge in [0, 0.05) is 31.1 Å². The molecule has 1 amide bonds. The van der Waals surface area contributed by atoms with Gasteiger partial charge in [-0.2, -0.15) is 28.8 Å². The van der Waals surface area contributed by atoms with Crippen LogP contribution in [0.5, 0.6) is 6.01 Å². The molecule has 33 heavy (non-hydrogen) atoms. The van der Waals surface area contributed by atoms with Crippen molar-refractivity contribution in [1.82, 2.24) is 29.9 Å². The van der Waals surface area contributed by atoms with Gasteiger partial charge in [0.25, 0.3) is 11.8 Å². The molecule has 8 nitrogen and oxygen atoms in total. The van der Waals surface area contributed by atoms with Gasteiger partial charge in [-0.15, -0.1) is 0 Å². The van der Waals surface area contributed by atoms with Gasteiger partial charge >= 0.3 is 6.01 Å². The Morgan fingerprint density at radius 1 is 1.18 bits per heavy atom. The van der Waals surface area contributed by atoms with Gasteiger partial charge in [0.05, 0.1) is 30.3 Å². The third-order valence-electron chi connectivity index (χ3n) is 6.43. The van der Waals surface area contributed by atoms with E-state index in [9.17, 15) is 13.6 Å². The number of aromatic nitrogens is 5. The molecule has 10 heteroatoms. The Balaban J connectivity index is 1.33. The topological polar surface area (TPSA) is 86.0 Å². The van der Waals surface area contributed by atoms with Crippen LogP contribution in [0.3, 0.4) is 0 Å². The molecule has 2 aliphatic heterocycles. The summed E-state index contributed by atoms with van der Waals surface area (Å²) in [5, 5.41) is 8.38. The van der Waals surface area contributed by atoms with E-state index in [0.717, 1.165) is 31.7 Å². The van der Waals surface area contributed by atoms with Crippen molar-refractivity contribution < 1.29 is 18.3 Å². The molecule has 0 aliphatic carbocycles. The standard InChI is InChI=1S/C23H24F2N6O2/c1-14-3-5-19(31-27-9-10-28-31)17(11-14)21(32)30-16-4-6-18(30)15(12-16)13-33-22-26-8-7-20(29-22)23(2,24)25/h3,5,7-11,15-16,18H,4,6,12-13H2,1-2H3. The minimum atomic E-state index is -3.06. The Kier molecular flexibility index (Phi) is 5.30. The van der Waals surface area contributed by atoms with Gasteiger partial charge in [-0.05, 0) is 44.4 Å². The Labute approximate surface area is 189 Å².